The highest BCUT2D eigenvalue weighted by Crippen LogP contribution is 2.36. The lowest BCUT2D eigenvalue weighted by Gasteiger charge is -2.22. The van der Waals surface area contributed by atoms with Crippen molar-refractivity contribution in [2.24, 2.45) is 5.92 Å². The molecule has 1 heterocycles. The number of amides is 1. The number of aromatic nitrogens is 1. The van der Waals surface area contributed by atoms with Gasteiger partial charge >= 0.3 is 0 Å². The van der Waals surface area contributed by atoms with Gasteiger partial charge in [-0.25, -0.2) is 9.37 Å². The molecular formula is C14H18FN3O. The van der Waals surface area contributed by atoms with Gasteiger partial charge in [0.25, 0.3) is 5.91 Å². The van der Waals surface area contributed by atoms with Crippen molar-refractivity contribution in [1.29, 1.82) is 0 Å². The summed E-state index contributed by atoms with van der Waals surface area (Å²) in [7, 11) is 1.60. The minimum Gasteiger partial charge on any atom is -0.371 e. The Labute approximate surface area is 112 Å². The van der Waals surface area contributed by atoms with Crippen LogP contribution in [0.3, 0.4) is 0 Å². The van der Waals surface area contributed by atoms with E-state index in [1.807, 2.05) is 4.90 Å². The second kappa shape index (κ2) is 4.79. The van der Waals surface area contributed by atoms with E-state index in [0.717, 1.165) is 19.4 Å². The van der Waals surface area contributed by atoms with Gasteiger partial charge in [0.05, 0.1) is 5.56 Å². The Morgan fingerprint density at radius 2 is 2.21 bits per heavy atom. The average Bonchev–Trinajstić information content (AvgIpc) is 3.28. The molecule has 4 nitrogen and oxygen atoms in total. The molecule has 0 bridgehead atoms. The monoisotopic (exact) mass is 263 g/mol. The zero-order valence-electron chi connectivity index (χ0n) is 11.0. The highest BCUT2D eigenvalue weighted by Gasteiger charge is 2.37. The van der Waals surface area contributed by atoms with E-state index in [2.05, 4.69) is 10.3 Å². The Bertz CT molecular complexity index is 497. The summed E-state index contributed by atoms with van der Waals surface area (Å²) in [5.74, 6) is 0.0217. The topological polar surface area (TPSA) is 45.2 Å². The molecule has 3 rings (SSSR count). The average molecular weight is 263 g/mol. The number of halogens is 1. The van der Waals surface area contributed by atoms with Crippen molar-refractivity contribution in [1.82, 2.24) is 9.88 Å². The second-order valence-corrected chi connectivity index (χ2v) is 5.40. The lowest BCUT2D eigenvalue weighted by atomic mass is 10.2. The molecule has 1 N–H and O–H groups in total. The van der Waals surface area contributed by atoms with Crippen LogP contribution in [0.5, 0.6) is 0 Å². The Morgan fingerprint density at radius 1 is 1.47 bits per heavy atom. The molecule has 2 fully saturated rings. The summed E-state index contributed by atoms with van der Waals surface area (Å²) in [6.07, 6.45) is 5.95. The van der Waals surface area contributed by atoms with Gasteiger partial charge in [-0.05, 0) is 37.7 Å². The molecule has 0 aromatic carbocycles. The van der Waals surface area contributed by atoms with E-state index in [1.54, 1.807) is 7.05 Å². The van der Waals surface area contributed by atoms with Crippen molar-refractivity contribution in [3.05, 3.63) is 23.6 Å². The number of nitrogens with zero attached hydrogens (tertiary/aromatic N) is 2. The first-order valence-electron chi connectivity index (χ1n) is 6.84. The molecule has 0 unspecified atom stereocenters. The first-order chi connectivity index (χ1) is 9.20. The molecule has 0 aliphatic heterocycles. The Hall–Kier alpha value is -1.65. The third-order valence-corrected chi connectivity index (χ3v) is 3.76. The van der Waals surface area contributed by atoms with Crippen LogP contribution in [0, 0.1) is 11.7 Å². The van der Waals surface area contributed by atoms with E-state index in [-0.39, 0.29) is 17.3 Å². The van der Waals surface area contributed by atoms with Crippen LogP contribution in [0.1, 0.15) is 36.0 Å². The van der Waals surface area contributed by atoms with Gasteiger partial charge in [-0.1, -0.05) is 0 Å². The highest BCUT2D eigenvalue weighted by molar-refractivity contribution is 5.95. The molecule has 2 saturated carbocycles. The fourth-order valence-electron chi connectivity index (χ4n) is 2.30. The third kappa shape index (κ3) is 2.55. The number of carbonyl (C=O) groups is 1. The molecular weight excluding hydrogens is 245 g/mol. The quantitative estimate of drug-likeness (QED) is 0.886. The van der Waals surface area contributed by atoms with Gasteiger partial charge in [0.2, 0.25) is 0 Å². The van der Waals surface area contributed by atoms with Gasteiger partial charge in [-0.15, -0.1) is 0 Å². The summed E-state index contributed by atoms with van der Waals surface area (Å²) >= 11 is 0. The molecule has 102 valence electrons. The Kier molecular flexibility index (Phi) is 3.12. The second-order valence-electron chi connectivity index (χ2n) is 5.40. The fourth-order valence-corrected chi connectivity index (χ4v) is 2.30. The van der Waals surface area contributed by atoms with E-state index in [1.165, 1.54) is 25.1 Å². The predicted octanol–water partition coefficient (Wildman–Crippen LogP) is 2.28. The van der Waals surface area contributed by atoms with Crippen LogP contribution in [-0.2, 0) is 0 Å². The third-order valence-electron chi connectivity index (χ3n) is 3.76. The summed E-state index contributed by atoms with van der Waals surface area (Å²) in [5.41, 5.74) is 0.131. The van der Waals surface area contributed by atoms with E-state index < -0.39 is 5.82 Å². The fraction of sp³-hybridized carbons (Fsp3) is 0.571. The maximum atomic E-state index is 14.1. The van der Waals surface area contributed by atoms with Gasteiger partial charge in [0, 0.05) is 25.8 Å². The van der Waals surface area contributed by atoms with Crippen molar-refractivity contribution < 1.29 is 9.18 Å². The molecule has 19 heavy (non-hydrogen) atoms. The number of rotatable bonds is 5. The smallest absolute Gasteiger partial charge is 0.257 e. The lowest BCUT2D eigenvalue weighted by molar-refractivity contribution is 0.0730. The zero-order chi connectivity index (χ0) is 13.4. The van der Waals surface area contributed by atoms with Crippen molar-refractivity contribution >= 4 is 11.7 Å². The van der Waals surface area contributed by atoms with Crippen LogP contribution in [0.4, 0.5) is 10.2 Å². The molecule has 2 aliphatic rings. The molecule has 0 saturated heterocycles. The van der Waals surface area contributed by atoms with Crippen molar-refractivity contribution in [3.63, 3.8) is 0 Å². The van der Waals surface area contributed by atoms with E-state index in [0.29, 0.717) is 12.0 Å². The van der Waals surface area contributed by atoms with Crippen molar-refractivity contribution in [3.8, 4) is 0 Å². The minimum absolute atomic E-state index is 0.131. The highest BCUT2D eigenvalue weighted by atomic mass is 19.1. The minimum atomic E-state index is -0.545. The maximum Gasteiger partial charge on any atom is 0.257 e. The lowest BCUT2D eigenvalue weighted by Crippen LogP contribution is -2.35. The number of anilines is 1. The van der Waals surface area contributed by atoms with Crippen LogP contribution in [0.25, 0.3) is 0 Å². The van der Waals surface area contributed by atoms with Gasteiger partial charge in [-0.3, -0.25) is 4.79 Å². The van der Waals surface area contributed by atoms with Crippen LogP contribution >= 0.6 is 0 Å². The van der Waals surface area contributed by atoms with Crippen molar-refractivity contribution in [2.75, 3.05) is 18.9 Å². The summed E-state index contributed by atoms with van der Waals surface area (Å²) < 4.78 is 14.1. The Balaban J connectivity index is 1.84. The molecule has 0 atom stereocenters. The first kappa shape index (κ1) is 12.4. The molecule has 5 heteroatoms. The molecule has 0 radical (unpaired) electrons. The molecule has 1 aromatic heterocycles. The van der Waals surface area contributed by atoms with Crippen LogP contribution in [0.2, 0.25) is 0 Å². The number of nitrogens with one attached hydrogen (secondary N) is 1. The summed E-state index contributed by atoms with van der Waals surface area (Å²) in [6.45, 7) is 0.778. The van der Waals surface area contributed by atoms with Gasteiger partial charge in [-0.2, -0.15) is 0 Å². The number of carbonyl (C=O) groups excluding carboxylic acids is 1. The van der Waals surface area contributed by atoms with Gasteiger partial charge < -0.3 is 10.2 Å². The number of hydrogen-bond donors (Lipinski definition) is 1. The van der Waals surface area contributed by atoms with Gasteiger partial charge in [0.1, 0.15) is 0 Å². The van der Waals surface area contributed by atoms with Crippen LogP contribution < -0.4 is 5.32 Å². The van der Waals surface area contributed by atoms with Crippen LogP contribution in [0.15, 0.2) is 12.3 Å². The van der Waals surface area contributed by atoms with Crippen molar-refractivity contribution in [2.45, 2.75) is 31.7 Å². The normalized spacial score (nSPS) is 18.2. The van der Waals surface area contributed by atoms with E-state index in [9.17, 15) is 9.18 Å². The summed E-state index contributed by atoms with van der Waals surface area (Å²) in [6, 6.07) is 1.79. The van der Waals surface area contributed by atoms with E-state index in [4.69, 9.17) is 0 Å². The molecule has 1 aromatic rings. The SMILES string of the molecule is CNc1nccc(C(=O)N(CC2CC2)C2CC2)c1F. The zero-order valence-corrected chi connectivity index (χ0v) is 11.0. The molecule has 0 spiro atoms. The van der Waals surface area contributed by atoms with E-state index >= 15 is 0 Å². The maximum absolute atomic E-state index is 14.1. The van der Waals surface area contributed by atoms with Gasteiger partial charge in [0.15, 0.2) is 11.6 Å². The standard InChI is InChI=1S/C14H18FN3O/c1-16-13-12(15)11(6-7-17-13)14(19)18(10-4-5-10)8-9-2-3-9/h6-7,9-10H,2-5,8H2,1H3,(H,16,17). The Morgan fingerprint density at radius 3 is 2.79 bits per heavy atom. The molecule has 2 aliphatic carbocycles. The summed E-state index contributed by atoms with van der Waals surface area (Å²) in [4.78, 5) is 18.2. The first-order valence-corrected chi connectivity index (χ1v) is 6.84. The number of hydrogen-bond acceptors (Lipinski definition) is 3. The predicted molar refractivity (Wildman–Crippen MR) is 70.5 cm³/mol. The number of pyridine rings is 1. The molecule has 1 amide bonds. The van der Waals surface area contributed by atoms with Crippen LogP contribution in [-0.4, -0.2) is 35.4 Å². The largest absolute Gasteiger partial charge is 0.371 e. The summed E-state index contributed by atoms with van der Waals surface area (Å²) in [5, 5.41) is 2.67.